The third-order valence-electron chi connectivity index (χ3n) is 11.4. The Kier molecular flexibility index (Phi) is 8.70. The first-order valence-electron chi connectivity index (χ1n) is 19.4. The van der Waals surface area contributed by atoms with Crippen molar-refractivity contribution >= 4 is 42.9 Å². The molecule has 7 aromatic carbocycles. The van der Waals surface area contributed by atoms with Gasteiger partial charge in [-0.15, -0.1) is 0 Å². The number of ether oxygens (including phenoxy) is 2. The van der Waals surface area contributed by atoms with E-state index < -0.39 is 15.4 Å². The van der Waals surface area contributed by atoms with Crippen LogP contribution in [0.4, 0.5) is 0 Å². The average molecular weight is 773 g/mol. The fourth-order valence-electron chi connectivity index (χ4n) is 8.42. The molecule has 2 nitrogen and oxygen atoms in total. The van der Waals surface area contributed by atoms with Crippen LogP contribution in [0.3, 0.4) is 0 Å². The summed E-state index contributed by atoms with van der Waals surface area (Å²) in [5, 5.41) is 0. The van der Waals surface area contributed by atoms with Crippen LogP contribution in [-0.4, -0.2) is 22.1 Å². The zero-order chi connectivity index (χ0) is 38.0. The standard InChI is InChI=1S/C51H45BGeO2/c1-49(2,3)38-26-28-44-41(32-38)52-42-33-39(50(4,5)6)27-29-45(42)55-47-31-34(30-46(54-44)48(47)52)40-24-16-17-25-43(40)53-51(35-18-10-7-11-19-35,36-20-12-8-13-21-36)37-22-14-9-15-23-37/h7-33H,1-6H3. The van der Waals surface area contributed by atoms with Gasteiger partial charge in [-0.05, 0) is 0 Å². The fourth-order valence-corrected chi connectivity index (χ4v) is 12.4. The molecule has 0 unspecified atom stereocenters. The Bertz CT molecular complexity index is 2350. The van der Waals surface area contributed by atoms with Crippen LogP contribution in [0.5, 0.6) is 23.0 Å². The van der Waals surface area contributed by atoms with Gasteiger partial charge in [-0.1, -0.05) is 0 Å². The summed E-state index contributed by atoms with van der Waals surface area (Å²) in [6.45, 7) is 13.7. The molecule has 0 aliphatic carbocycles. The van der Waals surface area contributed by atoms with Gasteiger partial charge >= 0.3 is 335 Å². The van der Waals surface area contributed by atoms with Gasteiger partial charge in [0.1, 0.15) is 0 Å². The molecule has 4 heteroatoms. The molecule has 0 bridgehead atoms. The molecule has 268 valence electrons. The number of hydrogen-bond donors (Lipinski definition) is 0. The van der Waals surface area contributed by atoms with Crippen LogP contribution in [-0.2, 0) is 15.1 Å². The van der Waals surface area contributed by atoms with Crippen molar-refractivity contribution in [1.82, 2.24) is 0 Å². The monoisotopic (exact) mass is 774 g/mol. The van der Waals surface area contributed by atoms with Gasteiger partial charge in [0.2, 0.25) is 0 Å². The number of fused-ring (bicyclic) bond motifs is 4. The van der Waals surface area contributed by atoms with Gasteiger partial charge in [-0.3, -0.25) is 0 Å². The van der Waals surface area contributed by atoms with Crippen LogP contribution < -0.4 is 30.3 Å². The normalized spacial score (nSPS) is 13.2. The van der Waals surface area contributed by atoms with E-state index in [2.05, 4.69) is 205 Å². The molecular weight excluding hydrogens is 728 g/mol. The molecule has 0 aromatic heterocycles. The van der Waals surface area contributed by atoms with Crippen molar-refractivity contribution in [2.75, 3.05) is 0 Å². The Hall–Kier alpha value is -5.25. The summed E-state index contributed by atoms with van der Waals surface area (Å²) in [5.41, 5.74) is 12.4. The first-order valence-corrected chi connectivity index (χ1v) is 21.5. The molecule has 0 saturated heterocycles. The van der Waals surface area contributed by atoms with Gasteiger partial charge in [-0.2, -0.15) is 0 Å². The maximum atomic E-state index is 6.95. The van der Waals surface area contributed by atoms with E-state index in [4.69, 9.17) is 9.47 Å². The van der Waals surface area contributed by atoms with Crippen molar-refractivity contribution in [3.8, 4) is 34.1 Å². The second-order valence-electron chi connectivity index (χ2n) is 17.0. The number of rotatable bonds is 6. The van der Waals surface area contributed by atoms with E-state index in [1.165, 1.54) is 48.7 Å². The van der Waals surface area contributed by atoms with E-state index in [1.807, 2.05) is 0 Å². The van der Waals surface area contributed by atoms with Crippen LogP contribution in [0.25, 0.3) is 11.1 Å². The fraction of sp³-hybridized carbons (Fsp3) is 0.176. The summed E-state index contributed by atoms with van der Waals surface area (Å²) in [4.78, 5) is 0. The molecule has 0 N–H and O–H groups in total. The zero-order valence-electron chi connectivity index (χ0n) is 32.5. The molecule has 2 heterocycles. The molecule has 7 aromatic rings. The minimum atomic E-state index is -0.931. The van der Waals surface area contributed by atoms with Crippen molar-refractivity contribution in [1.29, 1.82) is 0 Å². The van der Waals surface area contributed by atoms with E-state index in [9.17, 15) is 0 Å². The SMILES string of the molecule is CC(C)(C)c1ccc2c(c1)B1c3cc(C(C)(C)C)ccc3Oc3cc(-c4cccc[c]4[Ge][C](c4ccccc4)(c4ccccc4)c4ccccc4)cc(c31)O2. The van der Waals surface area contributed by atoms with Crippen LogP contribution in [0, 0.1) is 0 Å². The Morgan fingerprint density at radius 1 is 0.418 bits per heavy atom. The average Bonchev–Trinajstić information content (AvgIpc) is 3.19. The summed E-state index contributed by atoms with van der Waals surface area (Å²) in [6.07, 6.45) is 0. The van der Waals surface area contributed by atoms with Crippen molar-refractivity contribution in [2.45, 2.75) is 56.6 Å². The third-order valence-corrected chi connectivity index (χ3v) is 15.5. The predicted molar refractivity (Wildman–Crippen MR) is 232 cm³/mol. The molecule has 2 radical (unpaired) electrons. The Morgan fingerprint density at radius 3 is 1.27 bits per heavy atom. The van der Waals surface area contributed by atoms with Crippen molar-refractivity contribution in [3.05, 3.63) is 192 Å². The van der Waals surface area contributed by atoms with Crippen LogP contribution in [0.15, 0.2) is 164 Å². The van der Waals surface area contributed by atoms with Gasteiger partial charge in [0.15, 0.2) is 0 Å². The Labute approximate surface area is 333 Å². The summed E-state index contributed by atoms with van der Waals surface area (Å²) in [6, 6.07) is 60.4. The third kappa shape index (κ3) is 6.23. The van der Waals surface area contributed by atoms with Gasteiger partial charge in [-0.25, -0.2) is 0 Å². The Morgan fingerprint density at radius 2 is 0.836 bits per heavy atom. The van der Waals surface area contributed by atoms with Crippen LogP contribution in [0.1, 0.15) is 69.4 Å². The van der Waals surface area contributed by atoms with Crippen molar-refractivity contribution in [3.63, 3.8) is 0 Å². The quantitative estimate of drug-likeness (QED) is 0.124. The van der Waals surface area contributed by atoms with Crippen LogP contribution in [0.2, 0.25) is 0 Å². The minimum absolute atomic E-state index is 0.00160. The maximum absolute atomic E-state index is 6.95. The van der Waals surface area contributed by atoms with Crippen molar-refractivity contribution < 1.29 is 9.47 Å². The summed E-state index contributed by atoms with van der Waals surface area (Å²) in [7, 11) is 0. The van der Waals surface area contributed by atoms with E-state index in [0.717, 1.165) is 34.0 Å². The molecule has 55 heavy (non-hydrogen) atoms. The van der Waals surface area contributed by atoms with E-state index >= 15 is 0 Å². The molecule has 9 rings (SSSR count). The van der Waals surface area contributed by atoms with E-state index in [0.29, 0.717) is 0 Å². The summed E-state index contributed by atoms with van der Waals surface area (Å²) < 4.78 is 15.0. The molecule has 0 saturated carbocycles. The second kappa shape index (κ2) is 13.5. The molecule has 2 aliphatic heterocycles. The van der Waals surface area contributed by atoms with Gasteiger partial charge < -0.3 is 0 Å². The molecule has 2 aliphatic rings. The summed E-state index contributed by atoms with van der Waals surface area (Å²) in [5.74, 6) is 3.58. The van der Waals surface area contributed by atoms with E-state index in [1.54, 1.807) is 0 Å². The molecular formula is C51H45BGeO2. The van der Waals surface area contributed by atoms with Crippen molar-refractivity contribution in [2.24, 2.45) is 0 Å². The zero-order valence-corrected chi connectivity index (χ0v) is 34.6. The topological polar surface area (TPSA) is 18.5 Å². The van der Waals surface area contributed by atoms with Gasteiger partial charge in [0, 0.05) is 0 Å². The summed E-state index contributed by atoms with van der Waals surface area (Å²) >= 11 is -0.931. The predicted octanol–water partition coefficient (Wildman–Crippen LogP) is 10.00. The molecule has 0 fully saturated rings. The number of benzene rings is 7. The van der Waals surface area contributed by atoms with E-state index in [-0.39, 0.29) is 21.8 Å². The molecule has 0 amide bonds. The van der Waals surface area contributed by atoms with Gasteiger partial charge in [0.25, 0.3) is 0 Å². The first kappa shape index (κ1) is 35.4. The van der Waals surface area contributed by atoms with Gasteiger partial charge in [0.05, 0.1) is 0 Å². The molecule has 0 spiro atoms. The molecule has 0 atom stereocenters. The second-order valence-corrected chi connectivity index (χ2v) is 20.3. The number of hydrogen-bond acceptors (Lipinski definition) is 2. The first-order chi connectivity index (χ1) is 26.5. The van der Waals surface area contributed by atoms with Crippen LogP contribution >= 0.6 is 0 Å². The Balaban J connectivity index is 1.23.